The molecule has 2 heterocycles. The van der Waals surface area contributed by atoms with E-state index < -0.39 is 6.10 Å². The van der Waals surface area contributed by atoms with Gasteiger partial charge in [-0.1, -0.05) is 48.5 Å². The van der Waals surface area contributed by atoms with Crippen LogP contribution in [0.5, 0.6) is 0 Å². The van der Waals surface area contributed by atoms with Gasteiger partial charge in [-0.3, -0.25) is 4.79 Å². The highest BCUT2D eigenvalue weighted by Crippen LogP contribution is 2.28. The van der Waals surface area contributed by atoms with E-state index in [-0.39, 0.29) is 11.9 Å². The van der Waals surface area contributed by atoms with Crippen LogP contribution in [0.1, 0.15) is 17.4 Å². The Bertz CT molecular complexity index is 821. The number of fused-ring (bicyclic) bond motifs is 1. The van der Waals surface area contributed by atoms with Crippen LogP contribution in [0, 0.1) is 0 Å². The summed E-state index contributed by atoms with van der Waals surface area (Å²) in [5.41, 5.74) is 1.78. The lowest BCUT2D eigenvalue weighted by atomic mass is 10.0. The minimum Gasteiger partial charge on any atom is -0.459 e. The number of carbonyl (C=O) groups excluding carboxylic acids is 1. The van der Waals surface area contributed by atoms with Gasteiger partial charge in [-0.2, -0.15) is 0 Å². The van der Waals surface area contributed by atoms with Gasteiger partial charge in [-0.05, 0) is 17.7 Å². The van der Waals surface area contributed by atoms with E-state index in [9.17, 15) is 4.79 Å². The Hall–Kier alpha value is -2.63. The Morgan fingerprint density at radius 1 is 1.12 bits per heavy atom. The highest BCUT2D eigenvalue weighted by Gasteiger charge is 2.27. The molecule has 1 saturated heterocycles. The summed E-state index contributed by atoms with van der Waals surface area (Å²) < 4.78 is 11.6. The normalized spacial score (nSPS) is 18.8. The second-order valence-corrected chi connectivity index (χ2v) is 6.10. The monoisotopic (exact) mass is 336 g/mol. The molecule has 1 fully saturated rings. The molecule has 1 aliphatic rings. The number of ether oxygens (including phenoxy) is 1. The third-order valence-electron chi connectivity index (χ3n) is 4.37. The molecule has 3 aromatic rings. The number of para-hydroxylation sites is 1. The molecule has 2 unspecified atom stereocenters. The first-order valence-electron chi connectivity index (χ1n) is 8.47. The van der Waals surface area contributed by atoms with Crippen LogP contribution in [0.3, 0.4) is 0 Å². The number of benzene rings is 2. The number of furan rings is 1. The molecule has 2 atom stereocenters. The fourth-order valence-corrected chi connectivity index (χ4v) is 3.08. The molecule has 1 aromatic heterocycles. The second-order valence-electron chi connectivity index (χ2n) is 6.10. The summed E-state index contributed by atoms with van der Waals surface area (Å²) in [5.74, 6) is 0.575. The average Bonchev–Trinajstić information content (AvgIpc) is 3.11. The van der Waals surface area contributed by atoms with Crippen LogP contribution in [0.2, 0.25) is 0 Å². The number of nitrogens with one attached hydrogen (secondary N) is 2. The SMILES string of the molecule is O=C(NC(c1ccccc1)c1cc2ccccc2o1)C1CNCCO1. The van der Waals surface area contributed by atoms with Gasteiger partial charge in [0, 0.05) is 18.5 Å². The van der Waals surface area contributed by atoms with Gasteiger partial charge in [0.1, 0.15) is 23.5 Å². The van der Waals surface area contributed by atoms with Crippen molar-refractivity contribution in [3.63, 3.8) is 0 Å². The van der Waals surface area contributed by atoms with Gasteiger partial charge in [0.15, 0.2) is 0 Å². The number of morpholine rings is 1. The smallest absolute Gasteiger partial charge is 0.251 e. The molecule has 1 aliphatic heterocycles. The number of carbonyl (C=O) groups is 1. The van der Waals surface area contributed by atoms with Crippen molar-refractivity contribution in [2.75, 3.05) is 19.7 Å². The molecule has 0 saturated carbocycles. The third-order valence-corrected chi connectivity index (χ3v) is 4.37. The van der Waals surface area contributed by atoms with E-state index >= 15 is 0 Å². The topological polar surface area (TPSA) is 63.5 Å². The Balaban J connectivity index is 1.65. The molecule has 5 heteroatoms. The molecule has 0 bridgehead atoms. The lowest BCUT2D eigenvalue weighted by Gasteiger charge is -2.25. The first-order valence-corrected chi connectivity index (χ1v) is 8.47. The van der Waals surface area contributed by atoms with Crippen LogP contribution < -0.4 is 10.6 Å². The summed E-state index contributed by atoms with van der Waals surface area (Å²) in [7, 11) is 0. The van der Waals surface area contributed by atoms with Crippen LogP contribution in [-0.4, -0.2) is 31.7 Å². The van der Waals surface area contributed by atoms with Crippen LogP contribution >= 0.6 is 0 Å². The molecule has 128 valence electrons. The van der Waals surface area contributed by atoms with Crippen molar-refractivity contribution >= 4 is 16.9 Å². The summed E-state index contributed by atoms with van der Waals surface area (Å²) in [6.45, 7) is 1.83. The molecular formula is C20H20N2O3. The van der Waals surface area contributed by atoms with Crippen molar-refractivity contribution in [1.29, 1.82) is 0 Å². The van der Waals surface area contributed by atoms with Gasteiger partial charge < -0.3 is 19.8 Å². The van der Waals surface area contributed by atoms with Crippen molar-refractivity contribution in [2.24, 2.45) is 0 Å². The minimum atomic E-state index is -0.482. The van der Waals surface area contributed by atoms with Crippen molar-refractivity contribution in [2.45, 2.75) is 12.1 Å². The molecule has 2 N–H and O–H groups in total. The quantitative estimate of drug-likeness (QED) is 0.769. The third kappa shape index (κ3) is 3.43. The molecule has 0 spiro atoms. The van der Waals surface area contributed by atoms with Crippen LogP contribution in [-0.2, 0) is 9.53 Å². The maximum absolute atomic E-state index is 12.7. The number of amides is 1. The van der Waals surface area contributed by atoms with Crippen LogP contribution in [0.25, 0.3) is 11.0 Å². The average molecular weight is 336 g/mol. The predicted molar refractivity (Wildman–Crippen MR) is 95.3 cm³/mol. The van der Waals surface area contributed by atoms with Gasteiger partial charge in [0.2, 0.25) is 0 Å². The Morgan fingerprint density at radius 3 is 2.68 bits per heavy atom. The Labute approximate surface area is 146 Å². The van der Waals surface area contributed by atoms with Crippen molar-refractivity contribution in [3.8, 4) is 0 Å². The number of hydrogen-bond acceptors (Lipinski definition) is 4. The molecule has 1 amide bonds. The fourth-order valence-electron chi connectivity index (χ4n) is 3.08. The highest BCUT2D eigenvalue weighted by molar-refractivity contribution is 5.82. The molecule has 0 radical (unpaired) electrons. The van der Waals surface area contributed by atoms with E-state index in [0.717, 1.165) is 23.1 Å². The van der Waals surface area contributed by atoms with E-state index in [0.29, 0.717) is 18.9 Å². The van der Waals surface area contributed by atoms with Gasteiger partial charge in [0.05, 0.1) is 6.61 Å². The minimum absolute atomic E-state index is 0.137. The first kappa shape index (κ1) is 15.9. The zero-order valence-electron chi connectivity index (χ0n) is 13.8. The maximum Gasteiger partial charge on any atom is 0.251 e. The fraction of sp³-hybridized carbons (Fsp3) is 0.250. The van der Waals surface area contributed by atoms with Crippen molar-refractivity contribution in [1.82, 2.24) is 10.6 Å². The number of rotatable bonds is 4. The summed E-state index contributed by atoms with van der Waals surface area (Å²) in [4.78, 5) is 12.7. The molecule has 4 rings (SSSR count). The molecular weight excluding hydrogens is 316 g/mol. The van der Waals surface area contributed by atoms with Crippen LogP contribution in [0.15, 0.2) is 65.1 Å². The van der Waals surface area contributed by atoms with Gasteiger partial charge in [-0.15, -0.1) is 0 Å². The van der Waals surface area contributed by atoms with Crippen LogP contribution in [0.4, 0.5) is 0 Å². The predicted octanol–water partition coefficient (Wildman–Crippen LogP) is 2.63. The number of hydrogen-bond donors (Lipinski definition) is 2. The van der Waals surface area contributed by atoms with Crippen molar-refractivity contribution < 1.29 is 13.9 Å². The Kier molecular flexibility index (Phi) is 4.50. The maximum atomic E-state index is 12.7. The zero-order valence-corrected chi connectivity index (χ0v) is 13.8. The Morgan fingerprint density at radius 2 is 1.92 bits per heavy atom. The lowest BCUT2D eigenvalue weighted by molar-refractivity contribution is -0.134. The second kappa shape index (κ2) is 7.09. The van der Waals surface area contributed by atoms with E-state index in [1.165, 1.54) is 0 Å². The summed E-state index contributed by atoms with van der Waals surface area (Å²) >= 11 is 0. The summed E-state index contributed by atoms with van der Waals surface area (Å²) in [5, 5.41) is 7.28. The standard InChI is InChI=1S/C20H20N2O3/c23-20(18-13-21-10-11-24-18)22-19(14-6-2-1-3-7-14)17-12-15-8-4-5-9-16(15)25-17/h1-9,12,18-19,21H,10-11,13H2,(H,22,23). The van der Waals surface area contributed by atoms with E-state index in [4.69, 9.17) is 9.15 Å². The van der Waals surface area contributed by atoms with Gasteiger partial charge in [0.25, 0.3) is 5.91 Å². The van der Waals surface area contributed by atoms with Gasteiger partial charge >= 0.3 is 0 Å². The molecule has 2 aromatic carbocycles. The summed E-state index contributed by atoms with van der Waals surface area (Å²) in [6.07, 6.45) is -0.482. The largest absolute Gasteiger partial charge is 0.459 e. The molecule has 5 nitrogen and oxygen atoms in total. The molecule has 25 heavy (non-hydrogen) atoms. The van der Waals surface area contributed by atoms with Gasteiger partial charge in [-0.25, -0.2) is 0 Å². The zero-order chi connectivity index (χ0) is 17.1. The molecule has 0 aliphatic carbocycles. The van der Waals surface area contributed by atoms with E-state index in [2.05, 4.69) is 10.6 Å². The van der Waals surface area contributed by atoms with E-state index in [1.807, 2.05) is 60.7 Å². The first-order chi connectivity index (χ1) is 12.3. The van der Waals surface area contributed by atoms with E-state index in [1.54, 1.807) is 0 Å². The van der Waals surface area contributed by atoms with Crippen molar-refractivity contribution in [3.05, 3.63) is 72.0 Å². The summed E-state index contributed by atoms with van der Waals surface area (Å²) in [6, 6.07) is 19.3. The lowest BCUT2D eigenvalue weighted by Crippen LogP contribution is -2.48. The highest BCUT2D eigenvalue weighted by atomic mass is 16.5.